The van der Waals surface area contributed by atoms with Crippen LogP contribution in [0.15, 0.2) is 12.3 Å². The van der Waals surface area contributed by atoms with Crippen LogP contribution in [-0.4, -0.2) is 37.8 Å². The third-order valence-electron chi connectivity index (χ3n) is 3.67. The first-order chi connectivity index (χ1) is 10.3. The molecule has 0 saturated carbocycles. The van der Waals surface area contributed by atoms with Gasteiger partial charge in [0.2, 0.25) is 0 Å². The average molecular weight is 304 g/mol. The van der Waals surface area contributed by atoms with Crippen molar-refractivity contribution in [2.75, 3.05) is 0 Å². The smallest absolute Gasteiger partial charge is 0.325 e. The van der Waals surface area contributed by atoms with Crippen LogP contribution in [0.2, 0.25) is 0 Å². The highest BCUT2D eigenvalue weighted by atomic mass is 16.4. The van der Waals surface area contributed by atoms with Gasteiger partial charge in [0.25, 0.3) is 5.91 Å². The number of nitrogens with one attached hydrogen (secondary N) is 1. The summed E-state index contributed by atoms with van der Waals surface area (Å²) in [7, 11) is 0. The Morgan fingerprint density at radius 3 is 2.68 bits per heavy atom. The molecule has 1 amide bonds. The highest BCUT2D eigenvalue weighted by Gasteiger charge is 2.20. The van der Waals surface area contributed by atoms with Gasteiger partial charge in [-0.25, -0.2) is 9.67 Å². The quantitative estimate of drug-likeness (QED) is 0.879. The Hall–Kier alpha value is -2.44. The summed E-state index contributed by atoms with van der Waals surface area (Å²) in [5.41, 5.74) is 1.72. The number of hydrogen-bond donors (Lipinski definition) is 2. The van der Waals surface area contributed by atoms with Crippen LogP contribution in [0, 0.1) is 6.92 Å². The van der Waals surface area contributed by atoms with Crippen LogP contribution in [0.3, 0.4) is 0 Å². The van der Waals surface area contributed by atoms with E-state index >= 15 is 0 Å². The number of carbonyl (C=O) groups excluding carboxylic acids is 1. The lowest BCUT2D eigenvalue weighted by molar-refractivity contribution is -0.138. The van der Waals surface area contributed by atoms with E-state index in [4.69, 9.17) is 5.11 Å². The number of hydrogen-bond acceptors (Lipinski definition) is 4. The predicted molar refractivity (Wildman–Crippen MR) is 81.8 cm³/mol. The molecule has 7 nitrogen and oxygen atoms in total. The lowest BCUT2D eigenvalue weighted by Gasteiger charge is -2.12. The predicted octanol–water partition coefficient (Wildman–Crippen LogP) is 1.91. The molecule has 0 radical (unpaired) electrons. The van der Waals surface area contributed by atoms with E-state index < -0.39 is 17.9 Å². The first-order valence-electron chi connectivity index (χ1n) is 7.23. The number of nitrogens with zero attached hydrogens (tertiary/aromatic N) is 3. The molecule has 0 spiro atoms. The Balaban J connectivity index is 2.48. The summed E-state index contributed by atoms with van der Waals surface area (Å²) in [6, 6.07) is 0.857. The number of aryl methyl sites for hydroxylation is 1. The standard InChI is InChI=1S/C15H20N4O3/c1-5-9(3)19-13-12(7-16-19)11(6-8(2)17-13)14(20)18-10(4)15(21)22/h6-7,9-10H,5H2,1-4H3,(H,18,20)(H,21,22)/t9?,10-/m1/s1. The summed E-state index contributed by atoms with van der Waals surface area (Å²) in [5, 5.41) is 16.3. The Morgan fingerprint density at radius 2 is 2.09 bits per heavy atom. The van der Waals surface area contributed by atoms with Gasteiger partial charge in [-0.15, -0.1) is 0 Å². The zero-order chi connectivity index (χ0) is 16.4. The van der Waals surface area contributed by atoms with E-state index in [2.05, 4.69) is 22.3 Å². The molecule has 118 valence electrons. The van der Waals surface area contributed by atoms with E-state index in [1.165, 1.54) is 6.92 Å². The molecule has 1 unspecified atom stereocenters. The molecule has 2 heterocycles. The van der Waals surface area contributed by atoms with Crippen molar-refractivity contribution in [2.24, 2.45) is 0 Å². The topological polar surface area (TPSA) is 97.1 Å². The van der Waals surface area contributed by atoms with Gasteiger partial charge in [-0.05, 0) is 33.3 Å². The maximum absolute atomic E-state index is 12.3. The van der Waals surface area contributed by atoms with Gasteiger partial charge in [0.15, 0.2) is 5.65 Å². The first kappa shape index (κ1) is 15.9. The fourth-order valence-corrected chi connectivity index (χ4v) is 2.16. The zero-order valence-electron chi connectivity index (χ0n) is 13.1. The van der Waals surface area contributed by atoms with E-state index in [9.17, 15) is 9.59 Å². The molecule has 2 rings (SSSR count). The molecule has 0 saturated heterocycles. The van der Waals surface area contributed by atoms with E-state index in [0.29, 0.717) is 22.3 Å². The van der Waals surface area contributed by atoms with Gasteiger partial charge in [-0.2, -0.15) is 5.10 Å². The summed E-state index contributed by atoms with van der Waals surface area (Å²) < 4.78 is 1.79. The van der Waals surface area contributed by atoms with Gasteiger partial charge in [0.05, 0.1) is 23.2 Å². The normalized spacial score (nSPS) is 13.8. The average Bonchev–Trinajstić information content (AvgIpc) is 2.88. The van der Waals surface area contributed by atoms with E-state index in [1.807, 2.05) is 6.92 Å². The van der Waals surface area contributed by atoms with Crippen molar-refractivity contribution in [2.45, 2.75) is 46.2 Å². The Kier molecular flexibility index (Phi) is 4.44. The fourth-order valence-electron chi connectivity index (χ4n) is 2.16. The molecular formula is C15H20N4O3. The summed E-state index contributed by atoms with van der Waals surface area (Å²) >= 11 is 0. The van der Waals surface area contributed by atoms with Crippen LogP contribution in [0.25, 0.3) is 11.0 Å². The minimum absolute atomic E-state index is 0.167. The molecule has 2 aromatic heterocycles. The van der Waals surface area contributed by atoms with Crippen LogP contribution in [-0.2, 0) is 4.79 Å². The van der Waals surface area contributed by atoms with Gasteiger partial charge in [-0.1, -0.05) is 6.92 Å². The summed E-state index contributed by atoms with van der Waals surface area (Å²) in [6.07, 6.45) is 2.50. The zero-order valence-corrected chi connectivity index (χ0v) is 13.1. The number of rotatable bonds is 5. The Morgan fingerprint density at radius 1 is 1.41 bits per heavy atom. The molecule has 0 aliphatic heterocycles. The van der Waals surface area contributed by atoms with Crippen LogP contribution in [0.1, 0.15) is 49.3 Å². The number of aliphatic carboxylic acids is 1. The first-order valence-corrected chi connectivity index (χ1v) is 7.23. The van der Waals surface area contributed by atoms with Crippen molar-refractivity contribution in [3.63, 3.8) is 0 Å². The van der Waals surface area contributed by atoms with Gasteiger partial charge in [-0.3, -0.25) is 9.59 Å². The maximum atomic E-state index is 12.3. The highest BCUT2D eigenvalue weighted by molar-refractivity contribution is 6.06. The molecule has 2 atom stereocenters. The van der Waals surface area contributed by atoms with Gasteiger partial charge < -0.3 is 10.4 Å². The lowest BCUT2D eigenvalue weighted by Crippen LogP contribution is -2.38. The summed E-state index contributed by atoms with van der Waals surface area (Å²) in [5.74, 6) is -1.51. The van der Waals surface area contributed by atoms with Gasteiger partial charge >= 0.3 is 5.97 Å². The van der Waals surface area contributed by atoms with Crippen molar-refractivity contribution in [1.82, 2.24) is 20.1 Å². The Labute approximate surface area is 128 Å². The molecule has 0 bridgehead atoms. The third-order valence-corrected chi connectivity index (χ3v) is 3.67. The minimum atomic E-state index is -1.08. The molecular weight excluding hydrogens is 284 g/mol. The summed E-state index contributed by atoms with van der Waals surface area (Å²) in [6.45, 7) is 7.30. The number of pyridine rings is 1. The van der Waals surface area contributed by atoms with Crippen molar-refractivity contribution in [3.05, 3.63) is 23.5 Å². The largest absolute Gasteiger partial charge is 0.480 e. The highest BCUT2D eigenvalue weighted by Crippen LogP contribution is 2.22. The second-order valence-electron chi connectivity index (χ2n) is 5.43. The fraction of sp³-hybridized carbons (Fsp3) is 0.467. The molecule has 0 fully saturated rings. The van der Waals surface area contributed by atoms with E-state index in [-0.39, 0.29) is 6.04 Å². The molecule has 0 aliphatic rings. The SMILES string of the molecule is CCC(C)n1ncc2c(C(=O)N[C@H](C)C(=O)O)cc(C)nc21. The molecule has 2 N–H and O–H groups in total. The van der Waals surface area contributed by atoms with Crippen LogP contribution in [0.5, 0.6) is 0 Å². The van der Waals surface area contributed by atoms with Crippen LogP contribution >= 0.6 is 0 Å². The van der Waals surface area contributed by atoms with Crippen molar-refractivity contribution in [3.8, 4) is 0 Å². The molecule has 2 aromatic rings. The maximum Gasteiger partial charge on any atom is 0.325 e. The number of carbonyl (C=O) groups is 2. The van der Waals surface area contributed by atoms with Gasteiger partial charge in [0, 0.05) is 5.69 Å². The second-order valence-corrected chi connectivity index (χ2v) is 5.43. The van der Waals surface area contributed by atoms with Crippen molar-refractivity contribution in [1.29, 1.82) is 0 Å². The molecule has 7 heteroatoms. The minimum Gasteiger partial charge on any atom is -0.480 e. The number of amides is 1. The third kappa shape index (κ3) is 2.93. The number of carboxylic acids is 1. The number of aromatic nitrogens is 3. The van der Waals surface area contributed by atoms with Crippen molar-refractivity contribution < 1.29 is 14.7 Å². The van der Waals surface area contributed by atoms with Gasteiger partial charge in [0.1, 0.15) is 6.04 Å². The molecule has 0 aliphatic carbocycles. The lowest BCUT2D eigenvalue weighted by atomic mass is 10.1. The van der Waals surface area contributed by atoms with Crippen molar-refractivity contribution >= 4 is 22.9 Å². The van der Waals surface area contributed by atoms with Crippen LogP contribution < -0.4 is 5.32 Å². The Bertz CT molecular complexity index is 723. The second kappa shape index (κ2) is 6.13. The monoisotopic (exact) mass is 304 g/mol. The molecule has 22 heavy (non-hydrogen) atoms. The van der Waals surface area contributed by atoms with E-state index in [0.717, 1.165) is 6.42 Å². The number of carboxylic acid groups (broad SMARTS) is 1. The number of fused-ring (bicyclic) bond motifs is 1. The van der Waals surface area contributed by atoms with E-state index in [1.54, 1.807) is 23.9 Å². The van der Waals surface area contributed by atoms with Crippen LogP contribution in [0.4, 0.5) is 0 Å². The summed E-state index contributed by atoms with van der Waals surface area (Å²) in [4.78, 5) is 27.7. The molecule has 0 aromatic carbocycles.